The Morgan fingerprint density at radius 3 is 2.48 bits per heavy atom. The molecule has 128 valence electrons. The highest BCUT2D eigenvalue weighted by Gasteiger charge is 2.10. The number of carbonyl (C=O) groups is 1. The Hall–Kier alpha value is -1.97. The molecule has 0 amide bonds. The molecular formula is C19H28O4. The summed E-state index contributed by atoms with van der Waals surface area (Å²) < 4.78 is 16.8. The Balaban J connectivity index is 2.92. The van der Waals surface area contributed by atoms with Crippen molar-refractivity contribution in [1.82, 2.24) is 0 Å². The van der Waals surface area contributed by atoms with Crippen LogP contribution in [0.5, 0.6) is 11.5 Å². The van der Waals surface area contributed by atoms with E-state index < -0.39 is 0 Å². The molecular weight excluding hydrogens is 292 g/mol. The molecule has 1 aromatic carbocycles. The number of ether oxygens (including phenoxy) is 3. The largest absolute Gasteiger partial charge is 0.490 e. The first-order valence-electron chi connectivity index (χ1n) is 8.39. The van der Waals surface area contributed by atoms with E-state index in [0.717, 1.165) is 24.8 Å². The predicted octanol–water partition coefficient (Wildman–Crippen LogP) is 4.62. The topological polar surface area (TPSA) is 44.8 Å². The van der Waals surface area contributed by atoms with Gasteiger partial charge in [0.05, 0.1) is 19.3 Å². The van der Waals surface area contributed by atoms with Crippen molar-refractivity contribution in [2.24, 2.45) is 0 Å². The molecule has 23 heavy (non-hydrogen) atoms. The van der Waals surface area contributed by atoms with E-state index in [1.165, 1.54) is 6.08 Å². The second-order valence-electron chi connectivity index (χ2n) is 5.36. The Kier molecular flexibility index (Phi) is 8.88. The fourth-order valence-corrected chi connectivity index (χ4v) is 1.83. The third-order valence-electron chi connectivity index (χ3n) is 3.21. The van der Waals surface area contributed by atoms with Gasteiger partial charge in [0.2, 0.25) is 0 Å². The molecule has 4 heteroatoms. The lowest BCUT2D eigenvalue weighted by Gasteiger charge is -2.14. The summed E-state index contributed by atoms with van der Waals surface area (Å²) in [4.78, 5) is 11.8. The van der Waals surface area contributed by atoms with Gasteiger partial charge in [0.15, 0.2) is 11.5 Å². The fourth-order valence-electron chi connectivity index (χ4n) is 1.83. The summed E-state index contributed by atoms with van der Waals surface area (Å²) in [5, 5.41) is 0. The monoisotopic (exact) mass is 320 g/mol. The zero-order valence-corrected chi connectivity index (χ0v) is 14.6. The summed E-state index contributed by atoms with van der Waals surface area (Å²) in [6.07, 6.45) is 5.70. The first kappa shape index (κ1) is 19.1. The van der Waals surface area contributed by atoms with Crippen molar-refractivity contribution < 1.29 is 19.0 Å². The van der Waals surface area contributed by atoms with E-state index in [2.05, 4.69) is 13.8 Å². The van der Waals surface area contributed by atoms with Gasteiger partial charge in [-0.05, 0) is 38.3 Å². The lowest BCUT2D eigenvalue weighted by atomic mass is 10.1. The molecule has 0 spiro atoms. The van der Waals surface area contributed by atoms with Crippen LogP contribution in [0.4, 0.5) is 0 Å². The molecule has 0 aliphatic heterocycles. The van der Waals surface area contributed by atoms with E-state index in [0.29, 0.717) is 24.7 Å². The maximum atomic E-state index is 11.8. The molecule has 0 aliphatic rings. The summed E-state index contributed by atoms with van der Waals surface area (Å²) in [5.41, 5.74) is 0.813. The summed E-state index contributed by atoms with van der Waals surface area (Å²) in [6.45, 7) is 9.19. The summed E-state index contributed by atoms with van der Waals surface area (Å²) in [7, 11) is 0. The van der Waals surface area contributed by atoms with Gasteiger partial charge in [-0.1, -0.05) is 32.9 Å². The highest BCUT2D eigenvalue weighted by atomic mass is 16.5. The van der Waals surface area contributed by atoms with Crippen molar-refractivity contribution >= 4 is 12.0 Å². The van der Waals surface area contributed by atoms with Crippen LogP contribution in [0.25, 0.3) is 6.08 Å². The van der Waals surface area contributed by atoms with Gasteiger partial charge in [0, 0.05) is 11.6 Å². The van der Waals surface area contributed by atoms with Gasteiger partial charge in [0.1, 0.15) is 0 Å². The second-order valence-corrected chi connectivity index (χ2v) is 5.36. The van der Waals surface area contributed by atoms with Crippen LogP contribution >= 0.6 is 0 Å². The molecule has 0 aromatic heterocycles. The zero-order valence-electron chi connectivity index (χ0n) is 14.6. The average Bonchev–Trinajstić information content (AvgIpc) is 2.56. The molecule has 1 aromatic rings. The minimum atomic E-state index is -0.347. The molecule has 0 bridgehead atoms. The third kappa shape index (κ3) is 6.76. The third-order valence-corrected chi connectivity index (χ3v) is 3.21. The van der Waals surface area contributed by atoms with Crippen LogP contribution in [0.3, 0.4) is 0 Å². The zero-order chi connectivity index (χ0) is 17.1. The lowest BCUT2D eigenvalue weighted by molar-refractivity contribution is -0.142. The highest BCUT2D eigenvalue weighted by molar-refractivity contribution is 5.88. The number of benzene rings is 1. The first-order valence-corrected chi connectivity index (χ1v) is 8.39. The van der Waals surface area contributed by atoms with Gasteiger partial charge in [-0.3, -0.25) is 0 Å². The lowest BCUT2D eigenvalue weighted by Crippen LogP contribution is -2.11. The van der Waals surface area contributed by atoms with Gasteiger partial charge in [-0.15, -0.1) is 0 Å². The average molecular weight is 320 g/mol. The smallest absolute Gasteiger partial charge is 0.331 e. The van der Waals surface area contributed by atoms with E-state index in [4.69, 9.17) is 14.2 Å². The minimum absolute atomic E-state index is 0.0813. The summed E-state index contributed by atoms with van der Waals surface area (Å²) >= 11 is 0. The molecule has 1 atom stereocenters. The molecule has 4 nitrogen and oxygen atoms in total. The van der Waals surface area contributed by atoms with Crippen LogP contribution in [0.1, 0.15) is 52.5 Å². The molecule has 0 heterocycles. The summed E-state index contributed by atoms with van der Waals surface area (Å²) in [6, 6.07) is 5.68. The maximum Gasteiger partial charge on any atom is 0.331 e. The van der Waals surface area contributed by atoms with Crippen molar-refractivity contribution in [3.63, 3.8) is 0 Å². The Bertz CT molecular complexity index is 508. The molecule has 0 aliphatic carbocycles. The Morgan fingerprint density at radius 2 is 1.83 bits per heavy atom. The van der Waals surface area contributed by atoms with Gasteiger partial charge in [-0.2, -0.15) is 0 Å². The SMILES string of the molecule is CCCOc1cccc(C=CC(=O)OC(C)CC)c1OCCC. The number of rotatable bonds is 10. The van der Waals surface area contributed by atoms with E-state index in [1.54, 1.807) is 6.08 Å². The molecule has 1 unspecified atom stereocenters. The highest BCUT2D eigenvalue weighted by Crippen LogP contribution is 2.32. The van der Waals surface area contributed by atoms with Crippen LogP contribution in [0, 0.1) is 0 Å². The molecule has 0 saturated carbocycles. The van der Waals surface area contributed by atoms with Gasteiger partial charge in [-0.25, -0.2) is 4.79 Å². The normalized spacial score (nSPS) is 12.2. The van der Waals surface area contributed by atoms with Crippen molar-refractivity contribution in [2.75, 3.05) is 13.2 Å². The van der Waals surface area contributed by atoms with Gasteiger partial charge < -0.3 is 14.2 Å². The quantitative estimate of drug-likeness (QED) is 0.466. The molecule has 1 rings (SSSR count). The second kappa shape index (κ2) is 10.7. The van der Waals surface area contributed by atoms with Gasteiger partial charge >= 0.3 is 5.97 Å². The number of carbonyl (C=O) groups excluding carboxylic acids is 1. The van der Waals surface area contributed by atoms with Crippen LogP contribution in [0.15, 0.2) is 24.3 Å². The van der Waals surface area contributed by atoms with Crippen molar-refractivity contribution in [3.05, 3.63) is 29.8 Å². The first-order chi connectivity index (χ1) is 11.1. The van der Waals surface area contributed by atoms with Crippen molar-refractivity contribution in [3.8, 4) is 11.5 Å². The minimum Gasteiger partial charge on any atom is -0.490 e. The molecule has 0 N–H and O–H groups in total. The number of para-hydroxylation sites is 1. The number of esters is 1. The van der Waals surface area contributed by atoms with E-state index in [-0.39, 0.29) is 12.1 Å². The van der Waals surface area contributed by atoms with Crippen molar-refractivity contribution in [1.29, 1.82) is 0 Å². The van der Waals surface area contributed by atoms with Crippen LogP contribution in [0.2, 0.25) is 0 Å². The predicted molar refractivity (Wildman–Crippen MR) is 92.9 cm³/mol. The Morgan fingerprint density at radius 1 is 1.13 bits per heavy atom. The maximum absolute atomic E-state index is 11.8. The van der Waals surface area contributed by atoms with Gasteiger partial charge in [0.25, 0.3) is 0 Å². The Labute approximate surface area is 139 Å². The molecule has 0 fully saturated rings. The van der Waals surface area contributed by atoms with Crippen molar-refractivity contribution in [2.45, 2.75) is 53.1 Å². The number of hydrogen-bond donors (Lipinski definition) is 0. The van der Waals surface area contributed by atoms with E-state index >= 15 is 0 Å². The van der Waals surface area contributed by atoms with E-state index in [9.17, 15) is 4.79 Å². The molecule has 0 radical (unpaired) electrons. The number of hydrogen-bond acceptors (Lipinski definition) is 4. The van der Waals surface area contributed by atoms with E-state index in [1.807, 2.05) is 32.0 Å². The molecule has 0 saturated heterocycles. The summed E-state index contributed by atoms with van der Waals surface area (Å²) in [5.74, 6) is 1.04. The van der Waals surface area contributed by atoms with Crippen LogP contribution < -0.4 is 9.47 Å². The van der Waals surface area contributed by atoms with Crippen LogP contribution in [-0.2, 0) is 9.53 Å². The van der Waals surface area contributed by atoms with Crippen LogP contribution in [-0.4, -0.2) is 25.3 Å². The fraction of sp³-hybridized carbons (Fsp3) is 0.526. The standard InChI is InChI=1S/C19H28O4/c1-5-13-21-17-10-8-9-16(19(17)22-14-6-2)11-12-18(20)23-15(4)7-3/h8-12,15H,5-7,13-14H2,1-4H3.